The monoisotopic (exact) mass is 561 g/mol. The molecule has 0 fully saturated rings. The summed E-state index contributed by atoms with van der Waals surface area (Å²) in [4.78, 5) is 8.34. The number of hydrogen-bond donors (Lipinski definition) is 0. The lowest BCUT2D eigenvalue weighted by Crippen LogP contribution is -2.23. The Morgan fingerprint density at radius 1 is 0.674 bits per heavy atom. The summed E-state index contributed by atoms with van der Waals surface area (Å²) in [6.07, 6.45) is 1.88. The molecule has 0 bridgehead atoms. The van der Waals surface area contributed by atoms with E-state index >= 15 is 0 Å². The molecule has 43 heavy (non-hydrogen) atoms. The van der Waals surface area contributed by atoms with E-state index in [2.05, 4.69) is 22.8 Å². The van der Waals surface area contributed by atoms with Crippen molar-refractivity contribution in [2.45, 2.75) is 0 Å². The van der Waals surface area contributed by atoms with Crippen LogP contribution in [0, 0.1) is 0 Å². The van der Waals surface area contributed by atoms with Gasteiger partial charge in [0.05, 0.1) is 29.1 Å². The number of nitrogens with zero attached hydrogens (tertiary/aromatic N) is 4. The SMILES string of the molecule is [2H]C([2H])([2H])N1CN(c2cccc(Oc3ccc4c5ccccc5n(-c5cc6oc7ccccc7c6cn5)c4c3)c2)c2ccccc21. The average Bonchev–Trinajstić information content (AvgIpc) is 3.74. The standard InChI is InChI=1S/C37H26N4O2/c1-39-23-40(33-15-6-5-14-32(33)39)24-9-8-10-25(19-24)42-26-17-18-28-27-11-2-4-13-31(27)41(34(28)20-26)37-21-36-30(22-38-37)29-12-3-7-16-35(29)43-36/h2-22H,23H2,1H3/i1D3. The van der Waals surface area contributed by atoms with Crippen LogP contribution in [0.4, 0.5) is 17.1 Å². The lowest BCUT2D eigenvalue weighted by atomic mass is 10.1. The Hall–Kier alpha value is -5.75. The number of fused-ring (bicyclic) bond motifs is 7. The normalized spacial score (nSPS) is 14.4. The second-order valence-electron chi connectivity index (χ2n) is 10.8. The summed E-state index contributed by atoms with van der Waals surface area (Å²) in [6, 6.07) is 39.7. The minimum Gasteiger partial charge on any atom is -0.457 e. The van der Waals surface area contributed by atoms with Gasteiger partial charge in [-0.3, -0.25) is 4.57 Å². The second kappa shape index (κ2) is 9.13. The van der Waals surface area contributed by atoms with Crippen molar-refractivity contribution in [3.05, 3.63) is 128 Å². The molecule has 0 N–H and O–H groups in total. The number of anilines is 3. The molecule has 0 unspecified atom stereocenters. The van der Waals surface area contributed by atoms with Gasteiger partial charge in [-0.2, -0.15) is 0 Å². The first-order chi connectivity index (χ1) is 22.4. The number of aromatic nitrogens is 2. The summed E-state index contributed by atoms with van der Waals surface area (Å²) in [5.74, 6) is 2.07. The average molecular weight is 562 g/mol. The van der Waals surface area contributed by atoms with Gasteiger partial charge >= 0.3 is 0 Å². The predicted molar refractivity (Wildman–Crippen MR) is 174 cm³/mol. The van der Waals surface area contributed by atoms with E-state index in [1.807, 2.05) is 114 Å². The molecule has 5 aromatic carbocycles. The van der Waals surface area contributed by atoms with Crippen LogP contribution < -0.4 is 14.5 Å². The van der Waals surface area contributed by atoms with Crippen molar-refractivity contribution < 1.29 is 13.3 Å². The molecule has 9 rings (SSSR count). The van der Waals surface area contributed by atoms with Crippen molar-refractivity contribution in [3.63, 3.8) is 0 Å². The zero-order valence-electron chi connectivity index (χ0n) is 25.9. The Morgan fingerprint density at radius 2 is 1.47 bits per heavy atom. The third-order valence-electron chi connectivity index (χ3n) is 8.23. The number of rotatable bonds is 4. The molecule has 6 nitrogen and oxygen atoms in total. The summed E-state index contributed by atoms with van der Waals surface area (Å²) in [5, 5.41) is 4.22. The largest absolute Gasteiger partial charge is 0.457 e. The maximum Gasteiger partial charge on any atom is 0.141 e. The molecule has 3 aromatic heterocycles. The summed E-state index contributed by atoms with van der Waals surface area (Å²) < 4.78 is 39.0. The van der Waals surface area contributed by atoms with Gasteiger partial charge < -0.3 is 19.0 Å². The summed E-state index contributed by atoms with van der Waals surface area (Å²) in [6.45, 7) is -2.04. The predicted octanol–water partition coefficient (Wildman–Crippen LogP) is 9.42. The Balaban J connectivity index is 1.11. The zero-order chi connectivity index (χ0) is 31.0. The van der Waals surface area contributed by atoms with Gasteiger partial charge in [0.25, 0.3) is 0 Å². The van der Waals surface area contributed by atoms with Crippen LogP contribution in [-0.4, -0.2) is 23.2 Å². The van der Waals surface area contributed by atoms with Gasteiger partial charge in [0.2, 0.25) is 0 Å². The van der Waals surface area contributed by atoms with E-state index in [0.29, 0.717) is 17.2 Å². The lowest BCUT2D eigenvalue weighted by Gasteiger charge is -2.20. The van der Waals surface area contributed by atoms with Crippen molar-refractivity contribution in [3.8, 4) is 17.3 Å². The molecule has 4 heterocycles. The number of furan rings is 1. The number of benzene rings is 5. The van der Waals surface area contributed by atoms with Crippen LogP contribution in [-0.2, 0) is 0 Å². The fraction of sp³-hybridized carbons (Fsp3) is 0.0541. The quantitative estimate of drug-likeness (QED) is 0.214. The van der Waals surface area contributed by atoms with Gasteiger partial charge in [-0.05, 0) is 48.5 Å². The van der Waals surface area contributed by atoms with Crippen molar-refractivity contribution in [1.82, 2.24) is 9.55 Å². The van der Waals surface area contributed by atoms with Crippen LogP contribution in [0.5, 0.6) is 11.5 Å². The summed E-state index contributed by atoms with van der Waals surface area (Å²) in [7, 11) is 0. The molecule has 0 saturated carbocycles. The number of pyridine rings is 1. The Bertz CT molecular complexity index is 2460. The molecule has 0 radical (unpaired) electrons. The van der Waals surface area contributed by atoms with Crippen molar-refractivity contribution in [2.75, 3.05) is 23.4 Å². The third-order valence-corrected chi connectivity index (χ3v) is 8.23. The lowest BCUT2D eigenvalue weighted by molar-refractivity contribution is 0.483. The van der Waals surface area contributed by atoms with Crippen LogP contribution in [0.15, 0.2) is 132 Å². The van der Waals surface area contributed by atoms with Crippen LogP contribution in [0.1, 0.15) is 4.11 Å². The molecule has 0 spiro atoms. The highest BCUT2D eigenvalue weighted by Crippen LogP contribution is 2.41. The van der Waals surface area contributed by atoms with Crippen molar-refractivity contribution >= 4 is 60.8 Å². The van der Waals surface area contributed by atoms with Crippen LogP contribution in [0.25, 0.3) is 49.6 Å². The van der Waals surface area contributed by atoms with Gasteiger partial charge in [0, 0.05) is 62.7 Å². The molecule has 6 heteroatoms. The van der Waals surface area contributed by atoms with E-state index < -0.39 is 6.98 Å². The van der Waals surface area contributed by atoms with E-state index in [1.54, 1.807) is 0 Å². The molecule has 0 saturated heterocycles. The van der Waals surface area contributed by atoms with Crippen molar-refractivity contribution in [1.29, 1.82) is 0 Å². The van der Waals surface area contributed by atoms with Crippen LogP contribution in [0.3, 0.4) is 0 Å². The highest BCUT2D eigenvalue weighted by atomic mass is 16.5. The molecule has 1 aliphatic rings. The van der Waals surface area contributed by atoms with E-state index in [9.17, 15) is 0 Å². The fourth-order valence-corrected chi connectivity index (χ4v) is 6.28. The minimum absolute atomic E-state index is 0.216. The molecular formula is C37H26N4O2. The van der Waals surface area contributed by atoms with E-state index in [-0.39, 0.29) is 6.67 Å². The number of hydrogen-bond acceptors (Lipinski definition) is 5. The van der Waals surface area contributed by atoms with Crippen LogP contribution >= 0.6 is 0 Å². The highest BCUT2D eigenvalue weighted by Gasteiger charge is 2.24. The van der Waals surface area contributed by atoms with Gasteiger partial charge in [-0.15, -0.1) is 0 Å². The van der Waals surface area contributed by atoms with E-state index in [4.69, 9.17) is 18.3 Å². The van der Waals surface area contributed by atoms with Crippen molar-refractivity contribution in [2.24, 2.45) is 0 Å². The van der Waals surface area contributed by atoms with Gasteiger partial charge in [0.15, 0.2) is 0 Å². The van der Waals surface area contributed by atoms with Crippen LogP contribution in [0.2, 0.25) is 0 Å². The Labute approximate surface area is 251 Å². The minimum atomic E-state index is -2.25. The maximum atomic E-state index is 8.05. The molecule has 8 aromatic rings. The first kappa shape index (κ1) is 21.0. The summed E-state index contributed by atoms with van der Waals surface area (Å²) >= 11 is 0. The molecule has 206 valence electrons. The smallest absolute Gasteiger partial charge is 0.141 e. The molecule has 0 atom stereocenters. The molecule has 0 aliphatic carbocycles. The fourth-order valence-electron chi connectivity index (χ4n) is 6.28. The molecule has 0 amide bonds. The highest BCUT2D eigenvalue weighted by molar-refractivity contribution is 6.10. The molecular weight excluding hydrogens is 532 g/mol. The third kappa shape index (κ3) is 3.70. The maximum absolute atomic E-state index is 8.05. The molecule has 1 aliphatic heterocycles. The second-order valence-corrected chi connectivity index (χ2v) is 10.8. The number of ether oxygens (including phenoxy) is 1. The topological polar surface area (TPSA) is 46.7 Å². The van der Waals surface area contributed by atoms with E-state index in [0.717, 1.165) is 60.9 Å². The van der Waals surface area contributed by atoms with Gasteiger partial charge in [-0.25, -0.2) is 4.98 Å². The van der Waals surface area contributed by atoms with Gasteiger partial charge in [0.1, 0.15) is 28.5 Å². The summed E-state index contributed by atoms with van der Waals surface area (Å²) in [5.41, 5.74) is 5.97. The Kier molecular flexibility index (Phi) is 4.46. The Morgan fingerprint density at radius 3 is 2.40 bits per heavy atom. The zero-order valence-corrected chi connectivity index (χ0v) is 22.9. The first-order valence-electron chi connectivity index (χ1n) is 15.7. The number of para-hydroxylation sites is 4. The van der Waals surface area contributed by atoms with Gasteiger partial charge in [-0.1, -0.05) is 54.6 Å². The van der Waals surface area contributed by atoms with E-state index in [1.165, 1.54) is 4.90 Å². The first-order valence-corrected chi connectivity index (χ1v) is 14.2.